The van der Waals surface area contributed by atoms with Crippen LogP contribution in [0, 0.1) is 12.7 Å². The van der Waals surface area contributed by atoms with Crippen molar-refractivity contribution in [3.8, 4) is 23.0 Å². The number of aryl methyl sites for hydroxylation is 1. The van der Waals surface area contributed by atoms with E-state index in [1.54, 1.807) is 24.3 Å². The van der Waals surface area contributed by atoms with Gasteiger partial charge in [-0.1, -0.05) is 29.8 Å². The van der Waals surface area contributed by atoms with E-state index >= 15 is 0 Å². The molecule has 9 heteroatoms. The predicted molar refractivity (Wildman–Crippen MR) is 111 cm³/mol. The van der Waals surface area contributed by atoms with Crippen molar-refractivity contribution < 1.29 is 18.7 Å². The summed E-state index contributed by atoms with van der Waals surface area (Å²) in [5.74, 6) is 0.748. The minimum absolute atomic E-state index is 0.0784. The molecule has 0 fully saturated rings. The van der Waals surface area contributed by atoms with Crippen LogP contribution in [-0.2, 0) is 4.79 Å². The number of halogens is 1. The third-order valence-electron chi connectivity index (χ3n) is 4.39. The monoisotopic (exact) mass is 421 g/mol. The number of nitrogens with one attached hydrogen (secondary N) is 1. The van der Waals surface area contributed by atoms with Crippen LogP contribution >= 0.6 is 0 Å². The molecule has 4 aromatic rings. The molecule has 4 rings (SSSR count). The quantitative estimate of drug-likeness (QED) is 0.440. The van der Waals surface area contributed by atoms with Crippen LogP contribution in [0.4, 0.5) is 4.39 Å². The van der Waals surface area contributed by atoms with Crippen LogP contribution in [0.5, 0.6) is 11.6 Å². The fourth-order valence-corrected chi connectivity index (χ4v) is 2.84. The Labute approximate surface area is 177 Å². The van der Waals surface area contributed by atoms with E-state index in [9.17, 15) is 9.18 Å². The smallest absolute Gasteiger partial charge is 0.258 e. The summed E-state index contributed by atoms with van der Waals surface area (Å²) in [6, 6.07) is 16.9. The number of ether oxygens (including phenoxy) is 2. The van der Waals surface area contributed by atoms with Gasteiger partial charge in [0.1, 0.15) is 18.2 Å². The standard InChI is InChI=1S/C22H20FN5O3/c1-15-5-7-18(8-6-15)31-14-20(29)24-11-12-30-21-10-9-19-25-26-22(28(19)27-21)16-3-2-4-17(23)13-16/h2-10,13H,11-12,14H2,1H3,(H,24,29). The zero-order valence-electron chi connectivity index (χ0n) is 16.8. The summed E-state index contributed by atoms with van der Waals surface area (Å²) < 4.78 is 26.1. The molecule has 1 N–H and O–H groups in total. The Morgan fingerprint density at radius 2 is 1.90 bits per heavy atom. The van der Waals surface area contributed by atoms with Crippen molar-refractivity contribution in [1.29, 1.82) is 0 Å². The van der Waals surface area contributed by atoms with E-state index in [0.717, 1.165) is 5.56 Å². The Hall–Kier alpha value is -4.01. The van der Waals surface area contributed by atoms with Gasteiger partial charge in [0, 0.05) is 11.6 Å². The molecule has 0 bridgehead atoms. The normalized spacial score (nSPS) is 10.8. The third-order valence-corrected chi connectivity index (χ3v) is 4.39. The Balaban J connectivity index is 1.29. The molecule has 0 radical (unpaired) electrons. The highest BCUT2D eigenvalue weighted by atomic mass is 19.1. The Morgan fingerprint density at radius 3 is 2.71 bits per heavy atom. The lowest BCUT2D eigenvalue weighted by Gasteiger charge is -2.09. The Kier molecular flexibility index (Phi) is 6.02. The number of rotatable bonds is 8. The molecule has 0 aliphatic heterocycles. The van der Waals surface area contributed by atoms with Crippen LogP contribution < -0.4 is 14.8 Å². The minimum Gasteiger partial charge on any atom is -0.484 e. The predicted octanol–water partition coefficient (Wildman–Crippen LogP) is 2.81. The summed E-state index contributed by atoms with van der Waals surface area (Å²) >= 11 is 0. The van der Waals surface area contributed by atoms with E-state index in [-0.39, 0.29) is 31.5 Å². The van der Waals surface area contributed by atoms with Gasteiger partial charge >= 0.3 is 0 Å². The van der Waals surface area contributed by atoms with Crippen LogP contribution in [0.3, 0.4) is 0 Å². The molecule has 2 aromatic carbocycles. The van der Waals surface area contributed by atoms with Crippen LogP contribution in [-0.4, -0.2) is 45.5 Å². The van der Waals surface area contributed by atoms with E-state index in [4.69, 9.17) is 9.47 Å². The van der Waals surface area contributed by atoms with Gasteiger partial charge in [0.15, 0.2) is 18.1 Å². The molecule has 158 valence electrons. The maximum Gasteiger partial charge on any atom is 0.258 e. The first-order valence-corrected chi connectivity index (χ1v) is 9.66. The van der Waals surface area contributed by atoms with Crippen LogP contribution in [0.15, 0.2) is 60.7 Å². The van der Waals surface area contributed by atoms with Gasteiger partial charge in [0.05, 0.1) is 6.54 Å². The maximum absolute atomic E-state index is 13.5. The second-order valence-corrected chi connectivity index (χ2v) is 6.78. The average Bonchev–Trinajstić information content (AvgIpc) is 3.20. The highest BCUT2D eigenvalue weighted by Crippen LogP contribution is 2.19. The molecule has 2 aromatic heterocycles. The van der Waals surface area contributed by atoms with Crippen LogP contribution in [0.25, 0.3) is 17.0 Å². The molecule has 0 aliphatic rings. The van der Waals surface area contributed by atoms with Crippen molar-refractivity contribution in [1.82, 2.24) is 25.1 Å². The van der Waals surface area contributed by atoms with Gasteiger partial charge in [-0.05, 0) is 37.3 Å². The average molecular weight is 421 g/mol. The van der Waals surface area contributed by atoms with Crippen molar-refractivity contribution in [2.24, 2.45) is 0 Å². The van der Waals surface area contributed by atoms with Crippen molar-refractivity contribution in [3.05, 3.63) is 72.0 Å². The summed E-state index contributed by atoms with van der Waals surface area (Å²) in [7, 11) is 0. The van der Waals surface area contributed by atoms with Gasteiger partial charge in [0.2, 0.25) is 5.88 Å². The van der Waals surface area contributed by atoms with Gasteiger partial charge < -0.3 is 14.8 Å². The van der Waals surface area contributed by atoms with E-state index in [1.165, 1.54) is 16.6 Å². The van der Waals surface area contributed by atoms with Gasteiger partial charge in [-0.3, -0.25) is 4.79 Å². The molecule has 8 nitrogen and oxygen atoms in total. The fourth-order valence-electron chi connectivity index (χ4n) is 2.84. The Bertz CT molecular complexity index is 1190. The van der Waals surface area contributed by atoms with Crippen LogP contribution in [0.2, 0.25) is 0 Å². The van der Waals surface area contributed by atoms with Gasteiger partial charge in [-0.15, -0.1) is 15.3 Å². The molecule has 1 amide bonds. The number of nitrogens with zero attached hydrogens (tertiary/aromatic N) is 4. The maximum atomic E-state index is 13.5. The summed E-state index contributed by atoms with van der Waals surface area (Å²) in [6.07, 6.45) is 0. The molecular formula is C22H20FN5O3. The molecule has 2 heterocycles. The topological polar surface area (TPSA) is 90.6 Å². The Morgan fingerprint density at radius 1 is 1.06 bits per heavy atom. The molecule has 0 saturated heterocycles. The highest BCUT2D eigenvalue weighted by molar-refractivity contribution is 5.77. The molecule has 0 spiro atoms. The lowest BCUT2D eigenvalue weighted by molar-refractivity contribution is -0.123. The molecule has 0 aliphatic carbocycles. The number of hydrogen-bond acceptors (Lipinski definition) is 6. The van der Waals surface area contributed by atoms with E-state index in [2.05, 4.69) is 20.6 Å². The number of hydrogen-bond donors (Lipinski definition) is 1. The van der Waals surface area contributed by atoms with Gasteiger partial charge in [0.25, 0.3) is 5.91 Å². The summed E-state index contributed by atoms with van der Waals surface area (Å²) in [4.78, 5) is 11.9. The molecular weight excluding hydrogens is 401 g/mol. The van der Waals surface area contributed by atoms with Crippen molar-refractivity contribution >= 4 is 11.6 Å². The summed E-state index contributed by atoms with van der Waals surface area (Å²) in [5, 5.41) is 15.2. The van der Waals surface area contributed by atoms with Crippen molar-refractivity contribution in [3.63, 3.8) is 0 Å². The van der Waals surface area contributed by atoms with E-state index in [1.807, 2.05) is 31.2 Å². The number of carbonyl (C=O) groups is 1. The third kappa shape index (κ3) is 5.13. The summed E-state index contributed by atoms with van der Waals surface area (Å²) in [5.41, 5.74) is 2.18. The minimum atomic E-state index is -0.372. The highest BCUT2D eigenvalue weighted by Gasteiger charge is 2.11. The first kappa shape index (κ1) is 20.3. The first-order chi connectivity index (χ1) is 15.1. The van der Waals surface area contributed by atoms with Gasteiger partial charge in [-0.2, -0.15) is 4.52 Å². The summed E-state index contributed by atoms with van der Waals surface area (Å²) in [6.45, 7) is 2.40. The molecule has 31 heavy (non-hydrogen) atoms. The van der Waals surface area contributed by atoms with E-state index < -0.39 is 0 Å². The second kappa shape index (κ2) is 9.21. The largest absolute Gasteiger partial charge is 0.484 e. The molecule has 0 atom stereocenters. The number of carbonyl (C=O) groups excluding carboxylic acids is 1. The first-order valence-electron chi connectivity index (χ1n) is 9.66. The molecule has 0 saturated carbocycles. The zero-order valence-corrected chi connectivity index (χ0v) is 16.8. The number of aromatic nitrogens is 4. The van der Waals surface area contributed by atoms with Crippen LogP contribution in [0.1, 0.15) is 5.56 Å². The SMILES string of the molecule is Cc1ccc(OCC(=O)NCCOc2ccc3nnc(-c4cccc(F)c4)n3n2)cc1. The van der Waals surface area contributed by atoms with Crippen molar-refractivity contribution in [2.45, 2.75) is 6.92 Å². The number of amides is 1. The van der Waals surface area contributed by atoms with E-state index in [0.29, 0.717) is 28.7 Å². The fraction of sp³-hybridized carbons (Fsp3) is 0.182. The van der Waals surface area contributed by atoms with Gasteiger partial charge in [-0.25, -0.2) is 4.39 Å². The number of fused-ring (bicyclic) bond motifs is 1. The number of benzene rings is 2. The lowest BCUT2D eigenvalue weighted by Crippen LogP contribution is -2.32. The zero-order chi connectivity index (χ0) is 21.6. The second-order valence-electron chi connectivity index (χ2n) is 6.78. The molecule has 0 unspecified atom stereocenters. The van der Waals surface area contributed by atoms with Crippen molar-refractivity contribution in [2.75, 3.05) is 19.8 Å². The lowest BCUT2D eigenvalue weighted by atomic mass is 10.2.